The molecule has 5 nitrogen and oxygen atoms in total. The molecular weight excluding hydrogens is 673 g/mol. The van der Waals surface area contributed by atoms with Crippen LogP contribution in [0.25, 0.3) is 94.1 Å². The molecule has 11 rings (SSSR count). The van der Waals surface area contributed by atoms with Gasteiger partial charge in [0.2, 0.25) is 0 Å². The Labute approximate surface area is 316 Å². The van der Waals surface area contributed by atoms with E-state index in [9.17, 15) is 0 Å². The number of para-hydroxylation sites is 2. The zero-order valence-electron chi connectivity index (χ0n) is 29.7. The summed E-state index contributed by atoms with van der Waals surface area (Å²) in [6.07, 6.45) is 0.529. The van der Waals surface area contributed by atoms with Crippen molar-refractivity contribution >= 4 is 54.5 Å². The van der Waals surface area contributed by atoms with Crippen LogP contribution < -0.4 is 0 Å². The number of fused-ring (bicyclic) bond motifs is 7. The van der Waals surface area contributed by atoms with E-state index in [0.717, 1.165) is 55.3 Å². The Balaban J connectivity index is 1.09. The van der Waals surface area contributed by atoms with Crippen molar-refractivity contribution in [3.8, 4) is 39.6 Å². The highest BCUT2D eigenvalue weighted by molar-refractivity contribution is 6.12. The monoisotopic (exact) mass is 704 g/mol. The lowest BCUT2D eigenvalue weighted by atomic mass is 9.97. The number of hydrogen-bond donors (Lipinski definition) is 0. The van der Waals surface area contributed by atoms with Crippen LogP contribution in [0.3, 0.4) is 0 Å². The third-order valence-electron chi connectivity index (χ3n) is 10.7. The van der Waals surface area contributed by atoms with Gasteiger partial charge in [0.1, 0.15) is 17.0 Å². The van der Waals surface area contributed by atoms with E-state index in [1.807, 2.05) is 60.7 Å². The van der Waals surface area contributed by atoms with Crippen molar-refractivity contribution in [1.29, 1.82) is 0 Å². The van der Waals surface area contributed by atoms with Crippen LogP contribution in [0, 0.1) is 0 Å². The summed E-state index contributed by atoms with van der Waals surface area (Å²) in [5.41, 5.74) is 10.5. The van der Waals surface area contributed by atoms with Crippen LogP contribution in [0.15, 0.2) is 186 Å². The maximum absolute atomic E-state index is 6.44. The standard InChI is InChI=1S/C50H32N4O/c1-3-14-33(15-4-1)49-51-47(52-50(53-49)34-16-5-2-6-17-34)30-36-19-12-23-41-40-21-9-10-24-44(40)54(48(36)41)37-26-28-46-43(31-37)42-29-35(25-27-45(42)55-46)39-22-11-18-32-13-7-8-20-38(32)39/h1-29,31H,30H2. The minimum absolute atomic E-state index is 0.529. The number of rotatable bonds is 6. The minimum Gasteiger partial charge on any atom is -0.456 e. The highest BCUT2D eigenvalue weighted by atomic mass is 16.3. The summed E-state index contributed by atoms with van der Waals surface area (Å²) in [4.78, 5) is 15.1. The van der Waals surface area contributed by atoms with E-state index < -0.39 is 0 Å². The molecule has 0 amide bonds. The molecule has 0 unspecified atom stereocenters. The summed E-state index contributed by atoms with van der Waals surface area (Å²) in [6, 6.07) is 63.7. The van der Waals surface area contributed by atoms with E-state index in [1.54, 1.807) is 0 Å². The molecule has 0 saturated carbocycles. The molecular formula is C50H32N4O. The third-order valence-corrected chi connectivity index (χ3v) is 10.7. The molecule has 55 heavy (non-hydrogen) atoms. The Morgan fingerprint density at radius 3 is 1.84 bits per heavy atom. The van der Waals surface area contributed by atoms with Gasteiger partial charge in [-0.05, 0) is 63.9 Å². The number of hydrogen-bond acceptors (Lipinski definition) is 4. The van der Waals surface area contributed by atoms with Gasteiger partial charge in [-0.3, -0.25) is 0 Å². The fraction of sp³-hybridized carbons (Fsp3) is 0.0200. The summed E-state index contributed by atoms with van der Waals surface area (Å²) in [7, 11) is 0. The predicted octanol–water partition coefficient (Wildman–Crippen LogP) is 12.6. The van der Waals surface area contributed by atoms with Crippen LogP contribution in [-0.2, 0) is 6.42 Å². The summed E-state index contributed by atoms with van der Waals surface area (Å²) in [5, 5.41) is 7.02. The van der Waals surface area contributed by atoms with Crippen molar-refractivity contribution in [3.05, 3.63) is 193 Å². The zero-order valence-corrected chi connectivity index (χ0v) is 29.7. The first kappa shape index (κ1) is 31.2. The fourth-order valence-electron chi connectivity index (χ4n) is 8.15. The molecule has 5 heteroatoms. The van der Waals surface area contributed by atoms with Gasteiger partial charge in [0.05, 0.1) is 11.0 Å². The second kappa shape index (κ2) is 12.6. The topological polar surface area (TPSA) is 56.7 Å². The van der Waals surface area contributed by atoms with Crippen LogP contribution >= 0.6 is 0 Å². The third kappa shape index (κ3) is 5.28. The van der Waals surface area contributed by atoms with Gasteiger partial charge < -0.3 is 8.98 Å². The summed E-state index contributed by atoms with van der Waals surface area (Å²) in [5.74, 6) is 2.05. The summed E-state index contributed by atoms with van der Waals surface area (Å²) < 4.78 is 8.84. The van der Waals surface area contributed by atoms with Gasteiger partial charge in [0, 0.05) is 44.8 Å². The average Bonchev–Trinajstić information content (AvgIpc) is 3.79. The van der Waals surface area contributed by atoms with E-state index in [0.29, 0.717) is 23.9 Å². The zero-order chi connectivity index (χ0) is 36.3. The molecule has 8 aromatic carbocycles. The second-order valence-electron chi connectivity index (χ2n) is 14.0. The molecule has 0 aliphatic rings. The van der Waals surface area contributed by atoms with Gasteiger partial charge in [0.15, 0.2) is 11.6 Å². The normalized spacial score (nSPS) is 11.7. The van der Waals surface area contributed by atoms with E-state index in [1.165, 1.54) is 32.7 Å². The molecule has 0 spiro atoms. The van der Waals surface area contributed by atoms with Crippen LogP contribution in [0.1, 0.15) is 11.4 Å². The Bertz CT molecular complexity index is 3170. The molecule has 11 aromatic rings. The molecule has 0 saturated heterocycles. The summed E-state index contributed by atoms with van der Waals surface area (Å²) >= 11 is 0. The van der Waals surface area contributed by atoms with Crippen molar-refractivity contribution in [1.82, 2.24) is 19.5 Å². The minimum atomic E-state index is 0.529. The number of furan rings is 1. The quantitative estimate of drug-likeness (QED) is 0.173. The molecule has 0 atom stereocenters. The van der Waals surface area contributed by atoms with Crippen LogP contribution in [0.4, 0.5) is 0 Å². The average molecular weight is 705 g/mol. The smallest absolute Gasteiger partial charge is 0.163 e. The maximum Gasteiger partial charge on any atom is 0.163 e. The van der Waals surface area contributed by atoms with Gasteiger partial charge in [-0.15, -0.1) is 0 Å². The van der Waals surface area contributed by atoms with Crippen molar-refractivity contribution in [2.45, 2.75) is 6.42 Å². The Kier molecular flexibility index (Phi) is 7.17. The van der Waals surface area contributed by atoms with E-state index in [2.05, 4.69) is 126 Å². The highest BCUT2D eigenvalue weighted by Crippen LogP contribution is 2.39. The molecule has 258 valence electrons. The van der Waals surface area contributed by atoms with E-state index in [-0.39, 0.29) is 0 Å². The lowest BCUT2D eigenvalue weighted by Crippen LogP contribution is -2.05. The van der Waals surface area contributed by atoms with Gasteiger partial charge in [0.25, 0.3) is 0 Å². The lowest BCUT2D eigenvalue weighted by molar-refractivity contribution is 0.669. The lowest BCUT2D eigenvalue weighted by Gasteiger charge is -2.12. The summed E-state index contributed by atoms with van der Waals surface area (Å²) in [6.45, 7) is 0. The molecule has 0 aliphatic heterocycles. The van der Waals surface area contributed by atoms with Crippen molar-refractivity contribution in [2.24, 2.45) is 0 Å². The Morgan fingerprint density at radius 1 is 0.436 bits per heavy atom. The number of aromatic nitrogens is 4. The highest BCUT2D eigenvalue weighted by Gasteiger charge is 2.19. The van der Waals surface area contributed by atoms with Crippen molar-refractivity contribution in [3.63, 3.8) is 0 Å². The maximum atomic E-state index is 6.44. The van der Waals surface area contributed by atoms with E-state index in [4.69, 9.17) is 19.4 Å². The van der Waals surface area contributed by atoms with Gasteiger partial charge in [-0.25, -0.2) is 15.0 Å². The predicted molar refractivity (Wildman–Crippen MR) is 225 cm³/mol. The van der Waals surface area contributed by atoms with Crippen LogP contribution in [0.5, 0.6) is 0 Å². The SMILES string of the molecule is c1ccc(-c2nc(Cc3cccc4c5ccccc5n(-c5ccc6oc7ccc(-c8cccc9ccccc89)cc7c6c5)c34)nc(-c3ccccc3)n2)cc1. The molecule has 0 N–H and O–H groups in total. The molecule has 0 radical (unpaired) electrons. The largest absolute Gasteiger partial charge is 0.456 e. The van der Waals surface area contributed by atoms with Gasteiger partial charge in [-0.2, -0.15) is 0 Å². The van der Waals surface area contributed by atoms with Crippen LogP contribution in [-0.4, -0.2) is 19.5 Å². The molecule has 0 bridgehead atoms. The first-order chi connectivity index (χ1) is 27.2. The van der Waals surface area contributed by atoms with Crippen LogP contribution in [0.2, 0.25) is 0 Å². The number of benzene rings is 8. The number of nitrogens with zero attached hydrogens (tertiary/aromatic N) is 4. The van der Waals surface area contributed by atoms with Crippen molar-refractivity contribution in [2.75, 3.05) is 0 Å². The Morgan fingerprint density at radius 2 is 1.05 bits per heavy atom. The molecule has 0 aliphatic carbocycles. The van der Waals surface area contributed by atoms with E-state index >= 15 is 0 Å². The van der Waals surface area contributed by atoms with Gasteiger partial charge in [-0.1, -0.05) is 146 Å². The molecule has 3 heterocycles. The molecule has 0 fully saturated rings. The second-order valence-corrected chi connectivity index (χ2v) is 14.0. The van der Waals surface area contributed by atoms with Gasteiger partial charge >= 0.3 is 0 Å². The fourth-order valence-corrected chi connectivity index (χ4v) is 8.15. The first-order valence-electron chi connectivity index (χ1n) is 18.6. The Hall–Kier alpha value is -7.37. The first-order valence-corrected chi connectivity index (χ1v) is 18.6. The molecule has 3 aromatic heterocycles. The van der Waals surface area contributed by atoms with Crippen molar-refractivity contribution < 1.29 is 4.42 Å².